The molecule has 1 N–H and O–H groups in total. The summed E-state index contributed by atoms with van der Waals surface area (Å²) in [7, 11) is 1.66. The van der Waals surface area contributed by atoms with Gasteiger partial charge < -0.3 is 9.84 Å². The molecule has 1 heterocycles. The fourth-order valence-corrected chi connectivity index (χ4v) is 2.73. The van der Waals surface area contributed by atoms with E-state index in [1.165, 1.54) is 0 Å². The number of thiazole rings is 1. The van der Waals surface area contributed by atoms with Crippen LogP contribution in [0.2, 0.25) is 0 Å². The Balaban J connectivity index is 2.15. The monoisotopic (exact) mass is 263 g/mol. The Kier molecular flexibility index (Phi) is 4.47. The van der Waals surface area contributed by atoms with Gasteiger partial charge in [-0.2, -0.15) is 0 Å². The number of aliphatic hydroxyl groups is 1. The zero-order valence-corrected chi connectivity index (χ0v) is 11.4. The summed E-state index contributed by atoms with van der Waals surface area (Å²) >= 11 is 1.59. The number of hydrogen-bond donors (Lipinski definition) is 1. The maximum absolute atomic E-state index is 10.3. The van der Waals surface area contributed by atoms with Crippen molar-refractivity contribution in [3.05, 3.63) is 51.5 Å². The number of aromatic nitrogens is 1. The van der Waals surface area contributed by atoms with Crippen LogP contribution in [0.5, 0.6) is 0 Å². The molecule has 1 unspecified atom stereocenters. The molecule has 3 nitrogen and oxygen atoms in total. The van der Waals surface area contributed by atoms with Crippen LogP contribution in [0.4, 0.5) is 0 Å². The highest BCUT2D eigenvalue weighted by atomic mass is 32.1. The van der Waals surface area contributed by atoms with Crippen molar-refractivity contribution in [1.82, 2.24) is 4.98 Å². The summed E-state index contributed by atoms with van der Waals surface area (Å²) in [5, 5.41) is 13.3. The van der Waals surface area contributed by atoms with Gasteiger partial charge in [0.1, 0.15) is 0 Å². The summed E-state index contributed by atoms with van der Waals surface area (Å²) in [6, 6.07) is 7.82. The molecule has 96 valence electrons. The van der Waals surface area contributed by atoms with Crippen LogP contribution < -0.4 is 0 Å². The standard InChI is InChI=1S/C14H17NO2S/c1-10-9-18-14(15-10)7-13(16)12-6-4-3-5-11(12)8-17-2/h3-6,9,13,16H,7-8H2,1-2H3. The predicted molar refractivity (Wildman–Crippen MR) is 72.7 cm³/mol. The average Bonchev–Trinajstić information content (AvgIpc) is 2.76. The molecule has 0 spiro atoms. The van der Waals surface area contributed by atoms with Gasteiger partial charge in [-0.3, -0.25) is 0 Å². The lowest BCUT2D eigenvalue weighted by Gasteiger charge is -2.14. The molecular formula is C14H17NO2S. The van der Waals surface area contributed by atoms with Gasteiger partial charge in [-0.15, -0.1) is 11.3 Å². The third-order valence-corrected chi connectivity index (χ3v) is 3.74. The normalized spacial score (nSPS) is 12.6. The van der Waals surface area contributed by atoms with E-state index in [4.69, 9.17) is 4.74 Å². The van der Waals surface area contributed by atoms with Crippen molar-refractivity contribution in [2.75, 3.05) is 7.11 Å². The minimum Gasteiger partial charge on any atom is -0.388 e. The first kappa shape index (κ1) is 13.2. The molecule has 0 aliphatic heterocycles. The van der Waals surface area contributed by atoms with E-state index in [1.54, 1.807) is 18.4 Å². The number of methoxy groups -OCH3 is 1. The SMILES string of the molecule is COCc1ccccc1C(O)Cc1nc(C)cs1. The van der Waals surface area contributed by atoms with Crippen LogP contribution in [0.1, 0.15) is 27.9 Å². The second kappa shape index (κ2) is 6.09. The summed E-state index contributed by atoms with van der Waals surface area (Å²) in [6.45, 7) is 2.48. The molecule has 2 rings (SSSR count). The van der Waals surface area contributed by atoms with Crippen LogP contribution in [0.15, 0.2) is 29.6 Å². The second-order valence-electron chi connectivity index (χ2n) is 4.23. The van der Waals surface area contributed by atoms with E-state index >= 15 is 0 Å². The van der Waals surface area contributed by atoms with Gasteiger partial charge >= 0.3 is 0 Å². The van der Waals surface area contributed by atoms with Gasteiger partial charge in [0.25, 0.3) is 0 Å². The molecule has 4 heteroatoms. The van der Waals surface area contributed by atoms with Gasteiger partial charge in [-0.05, 0) is 18.1 Å². The highest BCUT2D eigenvalue weighted by molar-refractivity contribution is 7.09. The third-order valence-electron chi connectivity index (χ3n) is 2.75. The number of aryl methyl sites for hydroxylation is 1. The second-order valence-corrected chi connectivity index (χ2v) is 5.18. The van der Waals surface area contributed by atoms with Crippen LogP contribution in [0.3, 0.4) is 0 Å². The molecule has 18 heavy (non-hydrogen) atoms. The topological polar surface area (TPSA) is 42.4 Å². The summed E-state index contributed by atoms with van der Waals surface area (Å²) in [4.78, 5) is 4.38. The van der Waals surface area contributed by atoms with Crippen molar-refractivity contribution in [2.24, 2.45) is 0 Å². The Morgan fingerprint density at radius 2 is 2.17 bits per heavy atom. The minimum absolute atomic E-state index is 0.518. The Morgan fingerprint density at radius 3 is 2.83 bits per heavy atom. The minimum atomic E-state index is -0.526. The third kappa shape index (κ3) is 3.16. The van der Waals surface area contributed by atoms with E-state index in [0.29, 0.717) is 13.0 Å². The van der Waals surface area contributed by atoms with Crippen molar-refractivity contribution in [3.8, 4) is 0 Å². The largest absolute Gasteiger partial charge is 0.388 e. The molecule has 0 amide bonds. The highest BCUT2D eigenvalue weighted by Gasteiger charge is 2.14. The van der Waals surface area contributed by atoms with Crippen molar-refractivity contribution < 1.29 is 9.84 Å². The summed E-state index contributed by atoms with van der Waals surface area (Å²) in [5.74, 6) is 0. The van der Waals surface area contributed by atoms with Crippen molar-refractivity contribution in [1.29, 1.82) is 0 Å². The molecule has 1 aromatic carbocycles. The smallest absolute Gasteiger partial charge is 0.0957 e. The molecule has 0 bridgehead atoms. The molecule has 0 saturated heterocycles. The number of benzene rings is 1. The number of ether oxygens (including phenoxy) is 1. The van der Waals surface area contributed by atoms with Crippen molar-refractivity contribution in [3.63, 3.8) is 0 Å². The van der Waals surface area contributed by atoms with E-state index in [0.717, 1.165) is 21.8 Å². The van der Waals surface area contributed by atoms with Gasteiger partial charge in [0.2, 0.25) is 0 Å². The fourth-order valence-electron chi connectivity index (χ4n) is 1.92. The quantitative estimate of drug-likeness (QED) is 0.902. The van der Waals surface area contributed by atoms with E-state index in [1.807, 2.05) is 36.6 Å². The zero-order chi connectivity index (χ0) is 13.0. The Hall–Kier alpha value is -1.23. The summed E-state index contributed by atoms with van der Waals surface area (Å²) in [6.07, 6.45) is 0.0288. The van der Waals surface area contributed by atoms with Crippen LogP contribution >= 0.6 is 11.3 Å². The zero-order valence-electron chi connectivity index (χ0n) is 10.6. The van der Waals surface area contributed by atoms with Crippen molar-refractivity contribution >= 4 is 11.3 Å². The van der Waals surface area contributed by atoms with E-state index in [2.05, 4.69) is 4.98 Å². The maximum Gasteiger partial charge on any atom is 0.0957 e. The van der Waals surface area contributed by atoms with E-state index in [9.17, 15) is 5.11 Å². The molecule has 0 aliphatic rings. The van der Waals surface area contributed by atoms with Gasteiger partial charge in [0.05, 0.1) is 17.7 Å². The lowest BCUT2D eigenvalue weighted by atomic mass is 10.0. The molecule has 1 atom stereocenters. The van der Waals surface area contributed by atoms with Gasteiger partial charge in [-0.1, -0.05) is 24.3 Å². The Labute approximate surface area is 111 Å². The molecule has 0 radical (unpaired) electrons. The Morgan fingerprint density at radius 1 is 1.39 bits per heavy atom. The first-order valence-corrected chi connectivity index (χ1v) is 6.74. The number of hydrogen-bond acceptors (Lipinski definition) is 4. The van der Waals surface area contributed by atoms with Gasteiger partial charge in [-0.25, -0.2) is 4.98 Å². The van der Waals surface area contributed by atoms with Crippen LogP contribution in [-0.4, -0.2) is 17.2 Å². The first-order valence-electron chi connectivity index (χ1n) is 5.86. The number of aliphatic hydroxyl groups excluding tert-OH is 1. The van der Waals surface area contributed by atoms with Gasteiger partial charge in [0.15, 0.2) is 0 Å². The first-order chi connectivity index (χ1) is 8.70. The number of rotatable bonds is 5. The summed E-state index contributed by atoms with van der Waals surface area (Å²) < 4.78 is 5.15. The van der Waals surface area contributed by atoms with Crippen LogP contribution in [0, 0.1) is 6.92 Å². The van der Waals surface area contributed by atoms with Crippen LogP contribution in [0.25, 0.3) is 0 Å². The molecule has 0 saturated carbocycles. The lowest BCUT2D eigenvalue weighted by Crippen LogP contribution is -2.06. The molecule has 2 aromatic rings. The summed E-state index contributed by atoms with van der Waals surface area (Å²) in [5.41, 5.74) is 2.96. The maximum atomic E-state index is 10.3. The molecule has 0 aliphatic carbocycles. The fraction of sp³-hybridized carbons (Fsp3) is 0.357. The van der Waals surface area contributed by atoms with Gasteiger partial charge in [0, 0.05) is 24.6 Å². The Bertz CT molecular complexity index is 510. The lowest BCUT2D eigenvalue weighted by molar-refractivity contribution is 0.161. The average molecular weight is 263 g/mol. The van der Waals surface area contributed by atoms with Crippen molar-refractivity contribution in [2.45, 2.75) is 26.1 Å². The molecule has 0 fully saturated rings. The predicted octanol–water partition coefficient (Wildman–Crippen LogP) is 2.87. The van der Waals surface area contributed by atoms with Crippen LogP contribution in [-0.2, 0) is 17.8 Å². The van der Waals surface area contributed by atoms with E-state index in [-0.39, 0.29) is 0 Å². The molecular weight excluding hydrogens is 246 g/mol. The van der Waals surface area contributed by atoms with E-state index < -0.39 is 6.10 Å². The highest BCUT2D eigenvalue weighted by Crippen LogP contribution is 2.23. The molecule has 1 aromatic heterocycles. The number of nitrogens with zero attached hydrogens (tertiary/aromatic N) is 1.